The third-order valence-electron chi connectivity index (χ3n) is 18.7. The Kier molecular flexibility index (Phi) is 12.5. The molecular weight excluding hydrogens is 808 g/mol. The van der Waals surface area contributed by atoms with Crippen molar-refractivity contribution >= 4 is 5.97 Å². The molecule has 0 aromatic heterocycles. The van der Waals surface area contributed by atoms with Gasteiger partial charge >= 0.3 is 5.97 Å². The maximum Gasteiger partial charge on any atom is 0.310 e. The van der Waals surface area contributed by atoms with Crippen LogP contribution in [-0.2, 0) is 33.2 Å². The van der Waals surface area contributed by atoms with Gasteiger partial charge in [-0.3, -0.25) is 4.79 Å². The number of carboxylic acid groups (broad SMARTS) is 1. The van der Waals surface area contributed by atoms with Gasteiger partial charge in [0.2, 0.25) is 0 Å². The van der Waals surface area contributed by atoms with Crippen molar-refractivity contribution in [2.75, 3.05) is 19.8 Å². The van der Waals surface area contributed by atoms with Crippen LogP contribution in [0.25, 0.3) is 0 Å². The van der Waals surface area contributed by atoms with Crippen LogP contribution in [0.2, 0.25) is 0 Å². The minimum Gasteiger partial charge on any atom is -0.481 e. The number of carboxylic acids is 1. The third kappa shape index (κ3) is 7.19. The molecule has 4 saturated carbocycles. The zero-order valence-electron chi connectivity index (χ0n) is 37.5. The molecule has 0 spiro atoms. The summed E-state index contributed by atoms with van der Waals surface area (Å²) in [5, 5.41) is 97.4. The molecule has 22 atom stereocenters. The SMILES string of the molecule is C[C@@H]1O[C@@H](O[C@H]2[C@H](O[C@H]3CC[C@@]4(C)[C@@H](CC[C@]5(C)[C@@H]4CC=C4[C@@H]6CC(C)(C)CC[C@]6(C(=O)O)CC[C@]45C)[C@]3(C)CO)OC[C@H](O)[C@@H]2O)[C@H](O)[C@@H](O[C@@H]2OC[C@@H](O)[C@@H](O)[C@H]2O)[C@H]1O. The van der Waals surface area contributed by atoms with Gasteiger partial charge in [0.25, 0.3) is 0 Å². The molecule has 5 aliphatic carbocycles. The summed E-state index contributed by atoms with van der Waals surface area (Å²) in [4.78, 5) is 13.1. The zero-order valence-corrected chi connectivity index (χ0v) is 37.5. The molecule has 0 unspecified atom stereocenters. The first kappa shape index (κ1) is 47.2. The fraction of sp³-hybridized carbons (Fsp3) is 0.935. The monoisotopic (exact) mass is 882 g/mol. The molecule has 0 amide bonds. The van der Waals surface area contributed by atoms with E-state index in [1.807, 2.05) is 0 Å². The molecule has 8 aliphatic rings. The predicted molar refractivity (Wildman–Crippen MR) is 219 cm³/mol. The summed E-state index contributed by atoms with van der Waals surface area (Å²) in [7, 11) is 0. The van der Waals surface area contributed by atoms with Crippen molar-refractivity contribution in [1.82, 2.24) is 0 Å². The fourth-order valence-electron chi connectivity index (χ4n) is 14.5. The van der Waals surface area contributed by atoms with Crippen LogP contribution in [0.4, 0.5) is 0 Å². The summed E-state index contributed by atoms with van der Waals surface area (Å²) in [6, 6.07) is 0. The van der Waals surface area contributed by atoms with Crippen LogP contribution < -0.4 is 0 Å². The zero-order chi connectivity index (χ0) is 45.1. The van der Waals surface area contributed by atoms with Gasteiger partial charge in [0.05, 0.1) is 37.4 Å². The van der Waals surface area contributed by atoms with Gasteiger partial charge in [-0.25, -0.2) is 0 Å². The van der Waals surface area contributed by atoms with Crippen molar-refractivity contribution in [1.29, 1.82) is 0 Å². The van der Waals surface area contributed by atoms with Crippen molar-refractivity contribution < 1.29 is 79.2 Å². The molecule has 8 rings (SSSR count). The van der Waals surface area contributed by atoms with Crippen LogP contribution in [0.15, 0.2) is 11.6 Å². The lowest BCUT2D eigenvalue weighted by Gasteiger charge is -2.71. The standard InChI is InChI=1S/C46H74O16/c1-22-30(50)35(61-37-33(53)31(51)25(48)19-57-37)34(54)38(59-22)62-36-32(52)26(49)20-58-39(36)60-29-11-12-42(4)27(43(29,5)21-47)10-13-45(7)28(42)9-8-23-24-18-41(2,3)14-16-46(24,40(55)56)17-15-44(23,45)6/h8,22,24-39,47-54H,9-21H2,1-7H3,(H,55,56)/t22-,24-,25+,26-,27+,28+,29-,30-,31+,32-,33+,34+,35-,36+,37-,38-,39-,42-,43-,44+,45+,46-/m0/s1. The molecule has 0 aromatic rings. The van der Waals surface area contributed by atoms with E-state index in [-0.39, 0.29) is 59.2 Å². The summed E-state index contributed by atoms with van der Waals surface area (Å²) in [6.45, 7) is 14.5. The Bertz CT molecular complexity index is 1690. The molecule has 3 saturated heterocycles. The van der Waals surface area contributed by atoms with E-state index in [0.29, 0.717) is 19.3 Å². The van der Waals surface area contributed by atoms with Crippen molar-refractivity contribution in [2.45, 2.75) is 199 Å². The Labute approximate surface area is 364 Å². The Morgan fingerprint density at radius 3 is 2.03 bits per heavy atom. The van der Waals surface area contributed by atoms with E-state index in [9.17, 15) is 50.8 Å². The van der Waals surface area contributed by atoms with Gasteiger partial charge < -0.3 is 74.4 Å². The van der Waals surface area contributed by atoms with Gasteiger partial charge in [-0.2, -0.15) is 0 Å². The molecule has 7 fully saturated rings. The van der Waals surface area contributed by atoms with Crippen molar-refractivity contribution in [3.8, 4) is 0 Å². The van der Waals surface area contributed by atoms with Gasteiger partial charge in [0.15, 0.2) is 18.9 Å². The predicted octanol–water partition coefficient (Wildman–Crippen LogP) is 1.98. The summed E-state index contributed by atoms with van der Waals surface area (Å²) in [5.41, 5.74) is -0.519. The third-order valence-corrected chi connectivity index (χ3v) is 18.7. The smallest absolute Gasteiger partial charge is 0.310 e. The second kappa shape index (κ2) is 16.5. The molecule has 0 aromatic carbocycles. The largest absolute Gasteiger partial charge is 0.481 e. The quantitative estimate of drug-likeness (QED) is 0.125. The summed E-state index contributed by atoms with van der Waals surface area (Å²) in [5.74, 6) is -0.342. The highest BCUT2D eigenvalue weighted by Crippen LogP contribution is 2.76. The average Bonchev–Trinajstić information content (AvgIpc) is 3.21. The van der Waals surface area contributed by atoms with E-state index in [4.69, 9.17) is 28.4 Å². The highest BCUT2D eigenvalue weighted by atomic mass is 16.8. The van der Waals surface area contributed by atoms with Gasteiger partial charge in [-0.1, -0.05) is 53.2 Å². The van der Waals surface area contributed by atoms with Crippen LogP contribution in [-0.4, -0.2) is 158 Å². The van der Waals surface area contributed by atoms with E-state index >= 15 is 0 Å². The Balaban J connectivity index is 1.02. The van der Waals surface area contributed by atoms with E-state index in [1.54, 1.807) is 0 Å². The topological polar surface area (TPSA) is 255 Å². The van der Waals surface area contributed by atoms with Crippen LogP contribution in [0.1, 0.15) is 113 Å². The molecule has 16 nitrogen and oxygen atoms in total. The maximum absolute atomic E-state index is 13.1. The number of hydrogen-bond acceptors (Lipinski definition) is 15. The number of rotatable bonds is 8. The summed E-state index contributed by atoms with van der Waals surface area (Å²) in [6.07, 6.45) is -9.19. The minimum atomic E-state index is -1.73. The second-order valence-electron chi connectivity index (χ2n) is 22.4. The lowest BCUT2D eigenvalue weighted by molar-refractivity contribution is -0.379. The van der Waals surface area contributed by atoms with Gasteiger partial charge in [-0.05, 0) is 111 Å². The highest BCUT2D eigenvalue weighted by Gasteiger charge is 2.70. The summed E-state index contributed by atoms with van der Waals surface area (Å²) < 4.78 is 36.0. The van der Waals surface area contributed by atoms with Crippen LogP contribution in [0, 0.1) is 50.2 Å². The molecule has 3 heterocycles. The highest BCUT2D eigenvalue weighted by molar-refractivity contribution is 5.76. The van der Waals surface area contributed by atoms with Gasteiger partial charge in [0.1, 0.15) is 54.9 Å². The van der Waals surface area contributed by atoms with E-state index in [1.165, 1.54) is 12.5 Å². The van der Waals surface area contributed by atoms with E-state index in [0.717, 1.165) is 44.9 Å². The van der Waals surface area contributed by atoms with E-state index in [2.05, 4.69) is 47.6 Å². The lowest BCUT2D eigenvalue weighted by Crippen LogP contribution is -2.67. The maximum atomic E-state index is 13.1. The molecule has 9 N–H and O–H groups in total. The normalized spacial score (nSPS) is 55.1. The second-order valence-corrected chi connectivity index (χ2v) is 22.4. The van der Waals surface area contributed by atoms with Crippen molar-refractivity contribution in [3.05, 3.63) is 11.6 Å². The molecule has 3 aliphatic heterocycles. The number of aliphatic hydroxyl groups is 8. The molecule has 62 heavy (non-hydrogen) atoms. The fourth-order valence-corrected chi connectivity index (χ4v) is 14.5. The minimum absolute atomic E-state index is 0.00631. The molecule has 16 heteroatoms. The number of carbonyl (C=O) groups is 1. The first-order valence-corrected chi connectivity index (χ1v) is 23.1. The Hall–Kier alpha value is -1.35. The first-order chi connectivity index (χ1) is 29.0. The molecule has 0 bridgehead atoms. The van der Waals surface area contributed by atoms with Crippen LogP contribution in [0.5, 0.6) is 0 Å². The number of fused-ring (bicyclic) bond motifs is 7. The van der Waals surface area contributed by atoms with Gasteiger partial charge in [0, 0.05) is 5.41 Å². The van der Waals surface area contributed by atoms with Gasteiger partial charge in [-0.15, -0.1) is 0 Å². The number of hydrogen-bond donors (Lipinski definition) is 9. The number of aliphatic hydroxyl groups excluding tert-OH is 8. The molecular formula is C46H74O16. The average molecular weight is 883 g/mol. The van der Waals surface area contributed by atoms with Crippen LogP contribution >= 0.6 is 0 Å². The Morgan fingerprint density at radius 2 is 1.35 bits per heavy atom. The lowest BCUT2D eigenvalue weighted by atomic mass is 9.33. The van der Waals surface area contributed by atoms with Crippen molar-refractivity contribution in [3.63, 3.8) is 0 Å². The molecule has 0 radical (unpaired) electrons. The van der Waals surface area contributed by atoms with Crippen molar-refractivity contribution in [2.24, 2.45) is 50.2 Å². The first-order valence-electron chi connectivity index (χ1n) is 23.1. The number of ether oxygens (including phenoxy) is 6. The number of allylic oxidation sites excluding steroid dienone is 2. The number of aliphatic carboxylic acids is 1. The molecule has 354 valence electrons. The Morgan fingerprint density at radius 1 is 0.710 bits per heavy atom. The van der Waals surface area contributed by atoms with E-state index < -0.39 is 103 Å². The summed E-state index contributed by atoms with van der Waals surface area (Å²) >= 11 is 0. The van der Waals surface area contributed by atoms with Crippen LogP contribution in [0.3, 0.4) is 0 Å².